The van der Waals surface area contributed by atoms with Gasteiger partial charge in [0.1, 0.15) is 0 Å². The number of fused-ring (bicyclic) bond motifs is 1. The van der Waals surface area contributed by atoms with Crippen LogP contribution >= 0.6 is 0 Å². The van der Waals surface area contributed by atoms with Crippen molar-refractivity contribution in [3.05, 3.63) is 66.0 Å². The fourth-order valence-electron chi connectivity index (χ4n) is 2.87. The van der Waals surface area contributed by atoms with E-state index in [0.717, 1.165) is 23.1 Å². The zero-order chi connectivity index (χ0) is 17.1. The summed E-state index contributed by atoms with van der Waals surface area (Å²) in [5, 5.41) is 0. The number of hydrogen-bond acceptors (Lipinski definition) is 3. The van der Waals surface area contributed by atoms with Gasteiger partial charge in [-0.15, -0.1) is 0 Å². The molecule has 0 saturated heterocycles. The first-order valence-electron chi connectivity index (χ1n) is 7.96. The fourth-order valence-corrected chi connectivity index (χ4v) is 2.87. The minimum absolute atomic E-state index is 0.0203. The number of nitrogens with one attached hydrogen (secondary N) is 1. The molecule has 0 aliphatic rings. The van der Waals surface area contributed by atoms with Crippen molar-refractivity contribution in [1.29, 1.82) is 0 Å². The van der Waals surface area contributed by atoms with Crippen molar-refractivity contribution in [2.75, 3.05) is 27.7 Å². The van der Waals surface area contributed by atoms with Gasteiger partial charge in [0.15, 0.2) is 0 Å². The van der Waals surface area contributed by atoms with Crippen LogP contribution in [0.4, 0.5) is 0 Å². The molecule has 0 aliphatic heterocycles. The summed E-state index contributed by atoms with van der Waals surface area (Å²) in [4.78, 5) is 24.3. The molecular formula is C19H22N4O. The van der Waals surface area contributed by atoms with Crippen LogP contribution in [-0.4, -0.2) is 53.4 Å². The van der Waals surface area contributed by atoms with Gasteiger partial charge < -0.3 is 14.8 Å². The first-order chi connectivity index (χ1) is 11.6. The maximum Gasteiger partial charge on any atom is 0.255 e. The third-order valence-corrected chi connectivity index (χ3v) is 4.16. The maximum atomic E-state index is 13.0. The van der Waals surface area contributed by atoms with Crippen LogP contribution in [0.5, 0.6) is 0 Å². The van der Waals surface area contributed by atoms with E-state index >= 15 is 0 Å². The second kappa shape index (κ2) is 6.84. The molecule has 0 spiro atoms. The van der Waals surface area contributed by atoms with Gasteiger partial charge in [0, 0.05) is 26.0 Å². The van der Waals surface area contributed by atoms with Crippen molar-refractivity contribution < 1.29 is 4.79 Å². The van der Waals surface area contributed by atoms with Gasteiger partial charge in [-0.05, 0) is 31.8 Å². The first kappa shape index (κ1) is 16.2. The molecule has 1 aromatic carbocycles. The van der Waals surface area contributed by atoms with Crippen LogP contribution in [0.1, 0.15) is 22.0 Å². The molecule has 0 aliphatic carbocycles. The second-order valence-electron chi connectivity index (χ2n) is 6.24. The van der Waals surface area contributed by atoms with E-state index in [9.17, 15) is 4.79 Å². The van der Waals surface area contributed by atoms with E-state index in [0.29, 0.717) is 5.56 Å². The molecule has 2 aromatic heterocycles. The summed E-state index contributed by atoms with van der Waals surface area (Å²) in [7, 11) is 5.88. The van der Waals surface area contributed by atoms with Gasteiger partial charge in [-0.1, -0.05) is 30.3 Å². The summed E-state index contributed by atoms with van der Waals surface area (Å²) >= 11 is 0. The van der Waals surface area contributed by atoms with Gasteiger partial charge in [0.05, 0.1) is 22.6 Å². The number of rotatable bonds is 5. The molecule has 1 unspecified atom stereocenters. The predicted molar refractivity (Wildman–Crippen MR) is 95.9 cm³/mol. The largest absolute Gasteiger partial charge is 0.360 e. The maximum absolute atomic E-state index is 13.0. The van der Waals surface area contributed by atoms with E-state index in [4.69, 9.17) is 0 Å². The van der Waals surface area contributed by atoms with Gasteiger partial charge in [-0.25, -0.2) is 0 Å². The molecule has 0 radical (unpaired) electrons. The smallest absolute Gasteiger partial charge is 0.255 e. The quantitative estimate of drug-likeness (QED) is 0.786. The number of H-pyrrole nitrogens is 1. The zero-order valence-corrected chi connectivity index (χ0v) is 14.2. The molecule has 3 aromatic rings. The van der Waals surface area contributed by atoms with Gasteiger partial charge in [-0.2, -0.15) is 0 Å². The van der Waals surface area contributed by atoms with E-state index in [1.165, 1.54) is 0 Å². The number of amides is 1. The highest BCUT2D eigenvalue weighted by Crippen LogP contribution is 2.22. The fraction of sp³-hybridized carbons (Fsp3) is 0.263. The lowest BCUT2D eigenvalue weighted by molar-refractivity contribution is 0.0705. The van der Waals surface area contributed by atoms with Crippen molar-refractivity contribution in [2.45, 2.75) is 6.04 Å². The Morgan fingerprint density at radius 3 is 2.62 bits per heavy atom. The van der Waals surface area contributed by atoms with Crippen LogP contribution in [0.15, 0.2) is 54.9 Å². The van der Waals surface area contributed by atoms with E-state index in [2.05, 4.69) is 27.0 Å². The molecule has 0 saturated carbocycles. The minimum Gasteiger partial charge on any atom is -0.360 e. The van der Waals surface area contributed by atoms with Crippen molar-refractivity contribution in [3.8, 4) is 0 Å². The average Bonchev–Trinajstić information content (AvgIpc) is 3.06. The molecule has 1 amide bonds. The van der Waals surface area contributed by atoms with Crippen molar-refractivity contribution >= 4 is 16.9 Å². The minimum atomic E-state index is -0.0327. The van der Waals surface area contributed by atoms with E-state index < -0.39 is 0 Å². The van der Waals surface area contributed by atoms with Crippen LogP contribution in [0.2, 0.25) is 0 Å². The highest BCUT2D eigenvalue weighted by Gasteiger charge is 2.23. The molecule has 0 fully saturated rings. The number of aromatic nitrogens is 2. The molecule has 2 heterocycles. The van der Waals surface area contributed by atoms with Crippen LogP contribution in [-0.2, 0) is 0 Å². The van der Waals surface area contributed by atoms with Crippen molar-refractivity contribution in [3.63, 3.8) is 0 Å². The van der Waals surface area contributed by atoms with Crippen LogP contribution in [0.3, 0.4) is 0 Å². The molecule has 124 valence electrons. The topological polar surface area (TPSA) is 52.2 Å². The van der Waals surface area contributed by atoms with E-state index in [1.807, 2.05) is 57.7 Å². The number of nitrogens with zero attached hydrogens (tertiary/aromatic N) is 3. The summed E-state index contributed by atoms with van der Waals surface area (Å²) < 4.78 is 0. The predicted octanol–water partition coefficient (Wildman–Crippen LogP) is 2.94. The molecule has 5 heteroatoms. The Kier molecular flexibility index (Phi) is 4.62. The molecule has 1 N–H and O–H groups in total. The molecule has 0 bridgehead atoms. The van der Waals surface area contributed by atoms with Gasteiger partial charge in [-0.3, -0.25) is 9.78 Å². The van der Waals surface area contributed by atoms with Crippen LogP contribution in [0.25, 0.3) is 11.0 Å². The first-order valence-corrected chi connectivity index (χ1v) is 7.96. The number of hydrogen-bond donors (Lipinski definition) is 1. The summed E-state index contributed by atoms with van der Waals surface area (Å²) in [5.41, 5.74) is 3.45. The summed E-state index contributed by atoms with van der Waals surface area (Å²) in [5.74, 6) is -0.0327. The lowest BCUT2D eigenvalue weighted by Gasteiger charge is -2.31. The number of carbonyl (C=O) groups is 1. The number of aromatic amines is 1. The number of likely N-dealkylation sites (N-methyl/N-ethyl adjacent to an activating group) is 2. The lowest BCUT2D eigenvalue weighted by atomic mass is 10.0. The molecule has 5 nitrogen and oxygen atoms in total. The highest BCUT2D eigenvalue weighted by atomic mass is 16.2. The second-order valence-corrected chi connectivity index (χ2v) is 6.24. The lowest BCUT2D eigenvalue weighted by Crippen LogP contribution is -2.37. The molecule has 3 rings (SSSR count). The SMILES string of the molecule is CN(C)CC(c1ccccc1)N(C)C(=O)c1cnc2cc[nH]c2c1. The molecule has 1 atom stereocenters. The standard InChI is InChI=1S/C19H22N4O/c1-22(2)13-18(14-7-5-4-6-8-14)23(3)19(24)15-11-17-16(21-12-15)9-10-20-17/h4-12,18,20H,13H2,1-3H3. The zero-order valence-electron chi connectivity index (χ0n) is 14.2. The number of benzene rings is 1. The third-order valence-electron chi connectivity index (χ3n) is 4.16. The average molecular weight is 322 g/mol. The Morgan fingerprint density at radius 2 is 1.92 bits per heavy atom. The van der Waals surface area contributed by atoms with E-state index in [-0.39, 0.29) is 11.9 Å². The normalized spacial score (nSPS) is 12.5. The Balaban J connectivity index is 1.90. The Morgan fingerprint density at radius 1 is 1.17 bits per heavy atom. The van der Waals surface area contributed by atoms with Crippen molar-refractivity contribution in [1.82, 2.24) is 19.8 Å². The Hall–Kier alpha value is -2.66. The van der Waals surface area contributed by atoms with Crippen LogP contribution in [0, 0.1) is 0 Å². The van der Waals surface area contributed by atoms with Gasteiger partial charge in [0.25, 0.3) is 5.91 Å². The summed E-state index contributed by atoms with van der Waals surface area (Å²) in [6.45, 7) is 0.754. The summed E-state index contributed by atoms with van der Waals surface area (Å²) in [6.07, 6.45) is 3.47. The number of carbonyl (C=O) groups excluding carboxylic acids is 1. The Labute approximate surface area is 141 Å². The third kappa shape index (κ3) is 3.31. The number of pyridine rings is 1. The summed E-state index contributed by atoms with van der Waals surface area (Å²) in [6, 6.07) is 13.8. The Bertz CT molecular complexity index is 826. The van der Waals surface area contributed by atoms with Crippen molar-refractivity contribution in [2.24, 2.45) is 0 Å². The molecular weight excluding hydrogens is 300 g/mol. The molecule has 24 heavy (non-hydrogen) atoms. The van der Waals surface area contributed by atoms with Gasteiger partial charge >= 0.3 is 0 Å². The monoisotopic (exact) mass is 322 g/mol. The van der Waals surface area contributed by atoms with Crippen LogP contribution < -0.4 is 0 Å². The van der Waals surface area contributed by atoms with E-state index in [1.54, 1.807) is 11.1 Å². The van der Waals surface area contributed by atoms with Gasteiger partial charge in [0.2, 0.25) is 0 Å². The highest BCUT2D eigenvalue weighted by molar-refractivity contribution is 5.96.